The smallest absolute Gasteiger partial charge is 0.272 e. The maximum Gasteiger partial charge on any atom is 0.272 e. The van der Waals surface area contributed by atoms with Crippen molar-refractivity contribution in [2.45, 2.75) is 33.0 Å². The SMILES string of the molecule is CC(C)Cc1cc(C(=O)N2CC(OCc3ccccc3F)C2)nc(N)n1. The van der Waals surface area contributed by atoms with Crippen LogP contribution in [0.25, 0.3) is 0 Å². The van der Waals surface area contributed by atoms with E-state index in [0.717, 1.165) is 12.1 Å². The summed E-state index contributed by atoms with van der Waals surface area (Å²) in [5.41, 5.74) is 7.32. The van der Waals surface area contributed by atoms with E-state index in [1.165, 1.54) is 6.07 Å². The molecule has 0 atom stereocenters. The zero-order chi connectivity index (χ0) is 18.7. The quantitative estimate of drug-likeness (QED) is 0.858. The van der Waals surface area contributed by atoms with Gasteiger partial charge in [0.25, 0.3) is 5.91 Å². The van der Waals surface area contributed by atoms with Gasteiger partial charge in [-0.15, -0.1) is 0 Å². The number of nitrogen functional groups attached to an aromatic ring is 1. The van der Waals surface area contributed by atoms with E-state index in [4.69, 9.17) is 10.5 Å². The summed E-state index contributed by atoms with van der Waals surface area (Å²) in [5.74, 6) is 0.0514. The summed E-state index contributed by atoms with van der Waals surface area (Å²) >= 11 is 0. The van der Waals surface area contributed by atoms with Crippen molar-refractivity contribution in [1.82, 2.24) is 14.9 Å². The summed E-state index contributed by atoms with van der Waals surface area (Å²) in [6.45, 7) is 5.26. The number of nitrogens with two attached hydrogens (primary N) is 1. The second kappa shape index (κ2) is 7.78. The Bertz CT molecular complexity index is 791. The lowest BCUT2D eigenvalue weighted by molar-refractivity contribution is -0.0511. The normalized spacial score (nSPS) is 14.5. The van der Waals surface area contributed by atoms with Gasteiger partial charge in [-0.3, -0.25) is 4.79 Å². The van der Waals surface area contributed by atoms with Crippen LogP contribution in [0.1, 0.15) is 35.6 Å². The highest BCUT2D eigenvalue weighted by Gasteiger charge is 2.33. The second-order valence-electron chi connectivity index (χ2n) is 6.94. The van der Waals surface area contributed by atoms with Crippen molar-refractivity contribution in [1.29, 1.82) is 0 Å². The molecule has 3 rings (SSSR count). The highest BCUT2D eigenvalue weighted by atomic mass is 19.1. The Morgan fingerprint density at radius 1 is 1.35 bits per heavy atom. The number of hydrogen-bond acceptors (Lipinski definition) is 5. The molecule has 138 valence electrons. The number of amides is 1. The van der Waals surface area contributed by atoms with Gasteiger partial charge in [-0.05, 0) is 24.5 Å². The standard InChI is InChI=1S/C19H23FN4O2/c1-12(2)7-14-8-17(23-19(21)22-14)18(25)24-9-15(10-24)26-11-13-5-3-4-6-16(13)20/h3-6,8,12,15H,7,9-11H2,1-2H3,(H2,21,22,23). The molecule has 26 heavy (non-hydrogen) atoms. The average Bonchev–Trinajstić information content (AvgIpc) is 2.53. The maximum atomic E-state index is 13.6. The fraction of sp³-hybridized carbons (Fsp3) is 0.421. The number of halogens is 1. The van der Waals surface area contributed by atoms with Crippen LogP contribution in [-0.4, -0.2) is 40.0 Å². The van der Waals surface area contributed by atoms with Crippen LogP contribution in [0.5, 0.6) is 0 Å². The lowest BCUT2D eigenvalue weighted by atomic mass is 10.1. The van der Waals surface area contributed by atoms with Crippen molar-refractivity contribution in [2.24, 2.45) is 5.92 Å². The molecule has 0 radical (unpaired) electrons. The van der Waals surface area contributed by atoms with Crippen LogP contribution in [0.15, 0.2) is 30.3 Å². The molecule has 6 nitrogen and oxygen atoms in total. The molecule has 0 saturated carbocycles. The lowest BCUT2D eigenvalue weighted by Gasteiger charge is -2.38. The van der Waals surface area contributed by atoms with Crippen LogP contribution in [0.4, 0.5) is 10.3 Å². The van der Waals surface area contributed by atoms with Gasteiger partial charge in [0, 0.05) is 24.3 Å². The molecule has 2 heterocycles. The Balaban J connectivity index is 1.55. The van der Waals surface area contributed by atoms with Crippen LogP contribution >= 0.6 is 0 Å². The zero-order valence-electron chi connectivity index (χ0n) is 15.0. The number of carbonyl (C=O) groups is 1. The Morgan fingerprint density at radius 2 is 2.08 bits per heavy atom. The van der Waals surface area contributed by atoms with Crippen molar-refractivity contribution in [3.05, 3.63) is 53.1 Å². The molecule has 1 aliphatic heterocycles. The molecule has 1 amide bonds. The number of nitrogens with zero attached hydrogens (tertiary/aromatic N) is 3. The molecule has 1 saturated heterocycles. The number of aromatic nitrogens is 2. The largest absolute Gasteiger partial charge is 0.370 e. The minimum absolute atomic E-state index is 0.104. The zero-order valence-corrected chi connectivity index (χ0v) is 15.0. The number of benzene rings is 1. The van der Waals surface area contributed by atoms with Gasteiger partial charge in [-0.25, -0.2) is 14.4 Å². The predicted molar refractivity (Wildman–Crippen MR) is 95.9 cm³/mol. The molecule has 2 N–H and O–H groups in total. The Hall–Kier alpha value is -2.54. The molecule has 2 aromatic rings. The van der Waals surface area contributed by atoms with Gasteiger partial charge in [0.2, 0.25) is 5.95 Å². The van der Waals surface area contributed by atoms with Gasteiger partial charge in [0.1, 0.15) is 11.5 Å². The Labute approximate surface area is 152 Å². The van der Waals surface area contributed by atoms with E-state index in [0.29, 0.717) is 30.3 Å². The van der Waals surface area contributed by atoms with Crippen LogP contribution in [-0.2, 0) is 17.8 Å². The van der Waals surface area contributed by atoms with Crippen molar-refractivity contribution in [3.8, 4) is 0 Å². The molecule has 7 heteroatoms. The third-order valence-electron chi connectivity index (χ3n) is 4.20. The molecule has 1 aromatic carbocycles. The van der Waals surface area contributed by atoms with Gasteiger partial charge < -0.3 is 15.4 Å². The van der Waals surface area contributed by atoms with Crippen molar-refractivity contribution >= 4 is 11.9 Å². The molecule has 0 unspecified atom stereocenters. The van der Waals surface area contributed by atoms with Gasteiger partial charge in [-0.1, -0.05) is 32.0 Å². The first-order valence-corrected chi connectivity index (χ1v) is 8.70. The second-order valence-corrected chi connectivity index (χ2v) is 6.94. The first-order valence-electron chi connectivity index (χ1n) is 8.70. The topological polar surface area (TPSA) is 81.3 Å². The molecule has 1 aromatic heterocycles. The number of rotatable bonds is 6. The minimum atomic E-state index is -0.283. The average molecular weight is 358 g/mol. The molecule has 0 bridgehead atoms. The summed E-state index contributed by atoms with van der Waals surface area (Å²) in [4.78, 5) is 22.4. The van der Waals surface area contributed by atoms with Crippen molar-refractivity contribution in [3.63, 3.8) is 0 Å². The van der Waals surface area contributed by atoms with Crippen LogP contribution < -0.4 is 5.73 Å². The molecular formula is C19H23FN4O2. The van der Waals surface area contributed by atoms with Crippen molar-refractivity contribution < 1.29 is 13.9 Å². The molecule has 0 spiro atoms. The number of carbonyl (C=O) groups excluding carboxylic acids is 1. The first-order chi connectivity index (χ1) is 12.4. The Kier molecular flexibility index (Phi) is 5.46. The van der Waals surface area contributed by atoms with Crippen molar-refractivity contribution in [2.75, 3.05) is 18.8 Å². The van der Waals surface area contributed by atoms with Crippen LogP contribution in [0, 0.1) is 11.7 Å². The highest BCUT2D eigenvalue weighted by Crippen LogP contribution is 2.19. The lowest BCUT2D eigenvalue weighted by Crippen LogP contribution is -2.54. The summed E-state index contributed by atoms with van der Waals surface area (Å²) in [5, 5.41) is 0. The van der Waals surface area contributed by atoms with Crippen LogP contribution in [0.3, 0.4) is 0 Å². The highest BCUT2D eigenvalue weighted by molar-refractivity contribution is 5.93. The third kappa shape index (κ3) is 4.35. The number of likely N-dealkylation sites (tertiary alicyclic amines) is 1. The van der Waals surface area contributed by atoms with Gasteiger partial charge >= 0.3 is 0 Å². The van der Waals surface area contributed by atoms with E-state index >= 15 is 0 Å². The molecular weight excluding hydrogens is 335 g/mol. The van der Waals surface area contributed by atoms with E-state index in [1.807, 2.05) is 0 Å². The predicted octanol–water partition coefficient (Wildman–Crippen LogP) is 2.44. The van der Waals surface area contributed by atoms with Gasteiger partial charge in [-0.2, -0.15) is 0 Å². The summed E-state index contributed by atoms with van der Waals surface area (Å²) < 4.78 is 19.3. The number of ether oxygens (including phenoxy) is 1. The number of anilines is 1. The summed E-state index contributed by atoms with van der Waals surface area (Å²) in [6.07, 6.45) is 0.634. The van der Waals surface area contributed by atoms with Crippen LogP contribution in [0.2, 0.25) is 0 Å². The van der Waals surface area contributed by atoms with E-state index in [1.54, 1.807) is 29.2 Å². The molecule has 0 aliphatic carbocycles. The van der Waals surface area contributed by atoms with E-state index in [2.05, 4.69) is 23.8 Å². The molecule has 1 aliphatic rings. The summed E-state index contributed by atoms with van der Waals surface area (Å²) in [7, 11) is 0. The van der Waals surface area contributed by atoms with Gasteiger partial charge in [0.05, 0.1) is 12.7 Å². The number of hydrogen-bond donors (Lipinski definition) is 1. The maximum absolute atomic E-state index is 13.6. The van der Waals surface area contributed by atoms with E-state index in [9.17, 15) is 9.18 Å². The minimum Gasteiger partial charge on any atom is -0.370 e. The summed E-state index contributed by atoms with van der Waals surface area (Å²) in [6, 6.07) is 8.21. The monoisotopic (exact) mass is 358 g/mol. The van der Waals surface area contributed by atoms with Gasteiger partial charge in [0.15, 0.2) is 0 Å². The Morgan fingerprint density at radius 3 is 2.77 bits per heavy atom. The van der Waals surface area contributed by atoms with E-state index in [-0.39, 0.29) is 30.4 Å². The molecule has 1 fully saturated rings. The van der Waals surface area contributed by atoms with E-state index < -0.39 is 0 Å². The fourth-order valence-electron chi connectivity index (χ4n) is 2.84. The fourth-order valence-corrected chi connectivity index (χ4v) is 2.84. The first kappa shape index (κ1) is 18.3. The third-order valence-corrected chi connectivity index (χ3v) is 4.20.